The number of carbonyl (C=O) groups excluding carboxylic acids is 2. The Bertz CT molecular complexity index is 629. The number of hydrogen-bond donors (Lipinski definition) is 2. The van der Waals surface area contributed by atoms with Crippen LogP contribution in [0.5, 0.6) is 0 Å². The Kier molecular flexibility index (Phi) is 7.24. The van der Waals surface area contributed by atoms with Crippen molar-refractivity contribution in [3.8, 4) is 6.07 Å². The first kappa shape index (κ1) is 20.3. The van der Waals surface area contributed by atoms with Crippen LogP contribution in [-0.4, -0.2) is 42.8 Å². The largest absolute Gasteiger partial charge is 0.444 e. The zero-order chi connectivity index (χ0) is 19.0. The van der Waals surface area contributed by atoms with Gasteiger partial charge in [-0.2, -0.15) is 5.26 Å². The maximum absolute atomic E-state index is 11.9. The third kappa shape index (κ3) is 7.57. The summed E-state index contributed by atoms with van der Waals surface area (Å²) in [5, 5.41) is 14.3. The quantitative estimate of drug-likeness (QED) is 0.857. The van der Waals surface area contributed by atoms with Crippen LogP contribution < -0.4 is 10.6 Å². The van der Waals surface area contributed by atoms with Gasteiger partial charge in [0.1, 0.15) is 5.60 Å². The molecule has 0 bridgehead atoms. The van der Waals surface area contributed by atoms with E-state index in [9.17, 15) is 9.59 Å². The Balaban J connectivity index is 2.36. The molecule has 1 aromatic rings. The Labute approximate surface area is 148 Å². The predicted octanol–water partition coefficient (Wildman–Crippen LogP) is 2.79. The second kappa shape index (κ2) is 8.92. The summed E-state index contributed by atoms with van der Waals surface area (Å²) in [5.41, 5.74) is 0.928. The topological polar surface area (TPSA) is 94.5 Å². The van der Waals surface area contributed by atoms with E-state index in [2.05, 4.69) is 16.7 Å². The van der Waals surface area contributed by atoms with Gasteiger partial charge in [0.05, 0.1) is 17.7 Å². The molecule has 0 aliphatic rings. The first-order valence-electron chi connectivity index (χ1n) is 8.11. The lowest BCUT2D eigenvalue weighted by Gasteiger charge is -2.24. The summed E-state index contributed by atoms with van der Waals surface area (Å²) in [6.45, 7) is 7.90. The lowest BCUT2D eigenvalue weighted by molar-refractivity contribution is 0.0301. The number of ether oxygens (including phenoxy) is 1. The first-order chi connectivity index (χ1) is 11.6. The highest BCUT2D eigenvalue weighted by Crippen LogP contribution is 2.12. The van der Waals surface area contributed by atoms with E-state index < -0.39 is 11.7 Å². The van der Waals surface area contributed by atoms with Crippen molar-refractivity contribution in [2.45, 2.75) is 39.3 Å². The average molecular weight is 346 g/mol. The fourth-order valence-corrected chi connectivity index (χ4v) is 1.95. The van der Waals surface area contributed by atoms with Crippen LogP contribution in [0.2, 0.25) is 0 Å². The van der Waals surface area contributed by atoms with E-state index in [0.29, 0.717) is 18.7 Å². The maximum Gasteiger partial charge on any atom is 0.410 e. The molecule has 1 atom stereocenters. The lowest BCUT2D eigenvalue weighted by Crippen LogP contribution is -2.42. The van der Waals surface area contributed by atoms with Gasteiger partial charge in [-0.05, 0) is 45.4 Å². The van der Waals surface area contributed by atoms with Crippen molar-refractivity contribution in [3.63, 3.8) is 0 Å². The average Bonchev–Trinajstić information content (AvgIpc) is 2.53. The number of urea groups is 1. The van der Waals surface area contributed by atoms with Crippen molar-refractivity contribution in [1.29, 1.82) is 5.26 Å². The fourth-order valence-electron chi connectivity index (χ4n) is 1.95. The monoisotopic (exact) mass is 346 g/mol. The molecule has 0 saturated carbocycles. The number of hydrogen-bond acceptors (Lipinski definition) is 4. The summed E-state index contributed by atoms with van der Waals surface area (Å²) < 4.78 is 5.23. The predicted molar refractivity (Wildman–Crippen MR) is 95.0 cm³/mol. The van der Waals surface area contributed by atoms with Gasteiger partial charge in [-0.3, -0.25) is 0 Å². The molecule has 0 aliphatic carbocycles. The first-order valence-corrected chi connectivity index (χ1v) is 8.11. The molecule has 0 aliphatic heterocycles. The Morgan fingerprint density at radius 2 is 1.88 bits per heavy atom. The van der Waals surface area contributed by atoms with Crippen LogP contribution in [0.4, 0.5) is 9.59 Å². The number of likely N-dealkylation sites (N-methyl/N-ethyl adjacent to an activating group) is 1. The van der Waals surface area contributed by atoms with Gasteiger partial charge in [0, 0.05) is 20.1 Å². The molecule has 0 fully saturated rings. The molecule has 136 valence electrons. The van der Waals surface area contributed by atoms with Crippen molar-refractivity contribution >= 4 is 12.1 Å². The molecule has 0 saturated heterocycles. The molecule has 0 aromatic heterocycles. The number of nitrogens with one attached hydrogen (secondary N) is 2. The minimum atomic E-state index is -0.549. The third-order valence-corrected chi connectivity index (χ3v) is 3.33. The van der Waals surface area contributed by atoms with Gasteiger partial charge in [0.2, 0.25) is 0 Å². The second-order valence-corrected chi connectivity index (χ2v) is 6.76. The summed E-state index contributed by atoms with van der Waals surface area (Å²) in [4.78, 5) is 25.1. The molecule has 0 radical (unpaired) electrons. The van der Waals surface area contributed by atoms with Gasteiger partial charge >= 0.3 is 12.1 Å². The number of rotatable bonds is 5. The number of amides is 3. The fraction of sp³-hybridized carbons (Fsp3) is 0.500. The molecule has 0 unspecified atom stereocenters. The number of benzene rings is 1. The minimum absolute atomic E-state index is 0.198. The molecule has 7 nitrogen and oxygen atoms in total. The van der Waals surface area contributed by atoms with Gasteiger partial charge < -0.3 is 20.3 Å². The summed E-state index contributed by atoms with van der Waals surface area (Å²) in [5.74, 6) is 0. The number of nitriles is 1. The molecule has 3 amide bonds. The molecule has 7 heteroatoms. The van der Waals surface area contributed by atoms with Crippen molar-refractivity contribution in [1.82, 2.24) is 15.5 Å². The summed E-state index contributed by atoms with van der Waals surface area (Å²) in [7, 11) is 1.62. The van der Waals surface area contributed by atoms with Crippen molar-refractivity contribution in [2.24, 2.45) is 0 Å². The van der Waals surface area contributed by atoms with Gasteiger partial charge in [-0.25, -0.2) is 9.59 Å². The van der Waals surface area contributed by atoms with Crippen LogP contribution in [0.25, 0.3) is 0 Å². The molecule has 0 heterocycles. The standard InChI is InChI=1S/C18H26N4O3/c1-13(15-8-6-14(12-19)7-9-15)21-16(23)20-10-11-22(5)17(24)25-18(2,3)4/h6-9,13H,10-11H2,1-5H3,(H2,20,21,23)/t13-/m1/s1. The van der Waals surface area contributed by atoms with Gasteiger partial charge in [-0.1, -0.05) is 12.1 Å². The zero-order valence-electron chi connectivity index (χ0n) is 15.4. The molecule has 0 spiro atoms. The second-order valence-electron chi connectivity index (χ2n) is 6.76. The van der Waals surface area contributed by atoms with E-state index in [0.717, 1.165) is 5.56 Å². The normalized spacial score (nSPS) is 11.8. The van der Waals surface area contributed by atoms with E-state index in [1.807, 2.05) is 6.92 Å². The van der Waals surface area contributed by atoms with E-state index >= 15 is 0 Å². The molecule has 1 aromatic carbocycles. The van der Waals surface area contributed by atoms with Crippen molar-refractivity contribution < 1.29 is 14.3 Å². The van der Waals surface area contributed by atoms with Crippen LogP contribution in [-0.2, 0) is 4.74 Å². The van der Waals surface area contributed by atoms with E-state index in [1.54, 1.807) is 52.1 Å². The molecule has 2 N–H and O–H groups in total. The number of nitrogens with zero attached hydrogens (tertiary/aromatic N) is 2. The Morgan fingerprint density at radius 1 is 1.28 bits per heavy atom. The molecular weight excluding hydrogens is 320 g/mol. The van der Waals surface area contributed by atoms with Crippen molar-refractivity contribution in [3.05, 3.63) is 35.4 Å². The minimum Gasteiger partial charge on any atom is -0.444 e. The van der Waals surface area contributed by atoms with Gasteiger partial charge in [0.15, 0.2) is 0 Å². The third-order valence-electron chi connectivity index (χ3n) is 3.33. The summed E-state index contributed by atoms with van der Waals surface area (Å²) in [6, 6.07) is 8.56. The Morgan fingerprint density at radius 3 is 2.40 bits per heavy atom. The van der Waals surface area contributed by atoms with E-state index in [-0.39, 0.29) is 12.1 Å². The van der Waals surface area contributed by atoms with Crippen molar-refractivity contribution in [2.75, 3.05) is 20.1 Å². The zero-order valence-corrected chi connectivity index (χ0v) is 15.4. The SMILES string of the molecule is C[C@@H](NC(=O)NCCN(C)C(=O)OC(C)(C)C)c1ccc(C#N)cc1. The maximum atomic E-state index is 11.9. The molecule has 25 heavy (non-hydrogen) atoms. The van der Waals surface area contributed by atoms with Crippen LogP contribution in [0.1, 0.15) is 44.9 Å². The van der Waals surface area contributed by atoms with E-state index in [1.165, 1.54) is 4.90 Å². The highest BCUT2D eigenvalue weighted by atomic mass is 16.6. The van der Waals surface area contributed by atoms with Crippen LogP contribution in [0.15, 0.2) is 24.3 Å². The molecular formula is C18H26N4O3. The van der Waals surface area contributed by atoms with Crippen LogP contribution >= 0.6 is 0 Å². The summed E-state index contributed by atoms with van der Waals surface area (Å²) in [6.07, 6.45) is -0.430. The van der Waals surface area contributed by atoms with Gasteiger partial charge in [0.25, 0.3) is 0 Å². The van der Waals surface area contributed by atoms with Gasteiger partial charge in [-0.15, -0.1) is 0 Å². The number of carbonyl (C=O) groups is 2. The highest BCUT2D eigenvalue weighted by Gasteiger charge is 2.19. The van der Waals surface area contributed by atoms with Crippen LogP contribution in [0.3, 0.4) is 0 Å². The van der Waals surface area contributed by atoms with E-state index in [4.69, 9.17) is 10.00 Å². The molecule has 1 rings (SSSR count). The highest BCUT2D eigenvalue weighted by molar-refractivity contribution is 5.74. The Hall–Kier alpha value is -2.75. The lowest BCUT2D eigenvalue weighted by atomic mass is 10.1. The summed E-state index contributed by atoms with van der Waals surface area (Å²) >= 11 is 0. The smallest absolute Gasteiger partial charge is 0.410 e. The van der Waals surface area contributed by atoms with Crippen LogP contribution in [0, 0.1) is 11.3 Å².